The largest absolute Gasteiger partial charge is 0.484 e. The molecule has 0 fully saturated rings. The molecule has 0 spiro atoms. The molecule has 1 unspecified atom stereocenters. The van der Waals surface area contributed by atoms with E-state index in [1.54, 1.807) is 38.1 Å². The van der Waals surface area contributed by atoms with Gasteiger partial charge in [0.25, 0.3) is 5.91 Å². The van der Waals surface area contributed by atoms with E-state index in [0.717, 1.165) is 0 Å². The highest BCUT2D eigenvalue weighted by Crippen LogP contribution is 2.12. The summed E-state index contributed by atoms with van der Waals surface area (Å²) in [5.74, 6) is -0.721. The molecule has 1 amide bonds. The molecule has 0 saturated carbocycles. The van der Waals surface area contributed by atoms with Crippen LogP contribution < -0.4 is 4.74 Å². The molecule has 0 heterocycles. The second-order valence-corrected chi connectivity index (χ2v) is 4.55. The lowest BCUT2D eigenvalue weighted by molar-refractivity contribution is -0.141. The van der Waals surface area contributed by atoms with Gasteiger partial charge in [-0.15, -0.1) is 0 Å². The summed E-state index contributed by atoms with van der Waals surface area (Å²) >= 11 is 0. The van der Waals surface area contributed by atoms with E-state index in [-0.39, 0.29) is 25.0 Å². The van der Waals surface area contributed by atoms with Crippen LogP contribution >= 0.6 is 0 Å². The molecule has 1 rings (SSSR count). The van der Waals surface area contributed by atoms with Crippen molar-refractivity contribution in [3.63, 3.8) is 0 Å². The zero-order valence-corrected chi connectivity index (χ0v) is 12.1. The molecule has 0 bridgehead atoms. The van der Waals surface area contributed by atoms with E-state index in [9.17, 15) is 9.59 Å². The van der Waals surface area contributed by atoms with Gasteiger partial charge >= 0.3 is 5.97 Å². The quantitative estimate of drug-likeness (QED) is 0.824. The van der Waals surface area contributed by atoms with Crippen LogP contribution in [0.25, 0.3) is 0 Å². The van der Waals surface area contributed by atoms with E-state index in [2.05, 4.69) is 0 Å². The maximum atomic E-state index is 12.0. The van der Waals surface area contributed by atoms with Gasteiger partial charge in [0.05, 0.1) is 18.1 Å². The van der Waals surface area contributed by atoms with Crippen LogP contribution in [0.3, 0.4) is 0 Å². The van der Waals surface area contributed by atoms with Crippen LogP contribution in [0.5, 0.6) is 5.75 Å². The molecule has 0 aliphatic heterocycles. The maximum absolute atomic E-state index is 12.0. The molecule has 0 aliphatic rings. The van der Waals surface area contributed by atoms with E-state index in [1.165, 1.54) is 4.90 Å². The van der Waals surface area contributed by atoms with E-state index >= 15 is 0 Å². The summed E-state index contributed by atoms with van der Waals surface area (Å²) in [6, 6.07) is 8.04. The van der Waals surface area contributed by atoms with Crippen molar-refractivity contribution in [2.45, 2.75) is 26.3 Å². The molecule has 0 radical (unpaired) electrons. The Balaban J connectivity index is 2.57. The smallest absolute Gasteiger partial charge is 0.305 e. The Kier molecular flexibility index (Phi) is 6.21. The number of aliphatic carboxylic acids is 1. The first kappa shape index (κ1) is 16.5. The van der Waals surface area contributed by atoms with Gasteiger partial charge < -0.3 is 14.7 Å². The van der Waals surface area contributed by atoms with Crippen LogP contribution in [0.2, 0.25) is 0 Å². The highest BCUT2D eigenvalue weighted by Gasteiger charge is 2.21. The van der Waals surface area contributed by atoms with E-state index in [0.29, 0.717) is 17.9 Å². The Morgan fingerprint density at radius 3 is 2.48 bits per heavy atom. The van der Waals surface area contributed by atoms with Crippen molar-refractivity contribution in [3.05, 3.63) is 29.8 Å². The highest BCUT2D eigenvalue weighted by molar-refractivity contribution is 5.79. The summed E-state index contributed by atoms with van der Waals surface area (Å²) in [5, 5.41) is 17.5. The Bertz CT molecular complexity index is 534. The number of nitriles is 1. The van der Waals surface area contributed by atoms with Crippen molar-refractivity contribution in [1.82, 2.24) is 4.90 Å². The fourth-order valence-electron chi connectivity index (χ4n) is 1.95. The van der Waals surface area contributed by atoms with Gasteiger partial charge in [-0.2, -0.15) is 5.26 Å². The second kappa shape index (κ2) is 7.90. The third-order valence-electron chi connectivity index (χ3n) is 3.01. The third kappa shape index (κ3) is 5.15. The van der Waals surface area contributed by atoms with E-state index < -0.39 is 5.97 Å². The van der Waals surface area contributed by atoms with Crippen molar-refractivity contribution in [3.8, 4) is 11.8 Å². The number of amides is 1. The topological polar surface area (TPSA) is 90.6 Å². The van der Waals surface area contributed by atoms with Gasteiger partial charge in [0.1, 0.15) is 5.75 Å². The number of rotatable bonds is 7. The number of hydrogen-bond acceptors (Lipinski definition) is 4. The molecule has 1 aromatic carbocycles. The van der Waals surface area contributed by atoms with Crippen LogP contribution in [-0.2, 0) is 9.59 Å². The number of carboxylic acid groups (broad SMARTS) is 1. The third-order valence-corrected chi connectivity index (χ3v) is 3.01. The van der Waals surface area contributed by atoms with Gasteiger partial charge in [-0.05, 0) is 38.1 Å². The molecule has 6 nitrogen and oxygen atoms in total. The zero-order chi connectivity index (χ0) is 15.8. The summed E-state index contributed by atoms with van der Waals surface area (Å²) in [6.07, 6.45) is -0.101. The molecule has 1 N–H and O–H groups in total. The van der Waals surface area contributed by atoms with Crippen LogP contribution in [0.1, 0.15) is 25.8 Å². The number of nitrogens with zero attached hydrogens (tertiary/aromatic N) is 2. The molecule has 1 atom stereocenters. The standard InChI is InChI=1S/C15H18N2O4/c1-3-17(11(2)8-15(19)20)14(18)10-21-13-6-4-12(9-16)5-7-13/h4-7,11H,3,8,10H2,1-2H3,(H,19,20). The normalized spacial score (nSPS) is 11.3. The molecule has 1 aromatic rings. The highest BCUT2D eigenvalue weighted by atomic mass is 16.5. The number of benzene rings is 1. The summed E-state index contributed by atoms with van der Waals surface area (Å²) in [5.41, 5.74) is 0.513. The number of carboxylic acids is 1. The maximum Gasteiger partial charge on any atom is 0.305 e. The lowest BCUT2D eigenvalue weighted by atomic mass is 10.2. The SMILES string of the molecule is CCN(C(=O)COc1ccc(C#N)cc1)C(C)CC(=O)O. The summed E-state index contributed by atoms with van der Waals surface area (Å²) < 4.78 is 5.36. The molecule has 6 heteroatoms. The Labute approximate surface area is 123 Å². The molecular weight excluding hydrogens is 272 g/mol. The van der Waals surface area contributed by atoms with Gasteiger partial charge in [0.15, 0.2) is 6.61 Å². The lowest BCUT2D eigenvalue weighted by Crippen LogP contribution is -2.42. The zero-order valence-electron chi connectivity index (χ0n) is 12.1. The first-order chi connectivity index (χ1) is 9.97. The van der Waals surface area contributed by atoms with Crippen LogP contribution in [-0.4, -0.2) is 41.1 Å². The minimum atomic E-state index is -0.943. The Morgan fingerprint density at radius 2 is 2.00 bits per heavy atom. The monoisotopic (exact) mass is 290 g/mol. The van der Waals surface area contributed by atoms with Gasteiger partial charge in [-0.3, -0.25) is 9.59 Å². The van der Waals surface area contributed by atoms with E-state index in [1.807, 2.05) is 6.07 Å². The molecule has 0 aliphatic carbocycles. The van der Waals surface area contributed by atoms with Crippen molar-refractivity contribution >= 4 is 11.9 Å². The van der Waals surface area contributed by atoms with Gasteiger partial charge in [0, 0.05) is 12.6 Å². The average Bonchev–Trinajstić information content (AvgIpc) is 2.45. The number of carbonyl (C=O) groups excluding carboxylic acids is 1. The summed E-state index contributed by atoms with van der Waals surface area (Å²) in [7, 11) is 0. The van der Waals surface area contributed by atoms with Crippen molar-refractivity contribution in [1.29, 1.82) is 5.26 Å². The van der Waals surface area contributed by atoms with Crippen molar-refractivity contribution in [2.24, 2.45) is 0 Å². The fourth-order valence-corrected chi connectivity index (χ4v) is 1.95. The number of likely N-dealkylation sites (N-methyl/N-ethyl adjacent to an activating group) is 1. The first-order valence-electron chi connectivity index (χ1n) is 6.62. The van der Waals surface area contributed by atoms with Crippen LogP contribution in [0.4, 0.5) is 0 Å². The second-order valence-electron chi connectivity index (χ2n) is 4.55. The van der Waals surface area contributed by atoms with Gasteiger partial charge in [-0.1, -0.05) is 0 Å². The van der Waals surface area contributed by atoms with Gasteiger partial charge in [0.2, 0.25) is 0 Å². The van der Waals surface area contributed by atoms with Crippen LogP contribution in [0, 0.1) is 11.3 Å². The number of hydrogen-bond donors (Lipinski definition) is 1. The Morgan fingerprint density at radius 1 is 1.38 bits per heavy atom. The minimum absolute atomic E-state index is 0.101. The van der Waals surface area contributed by atoms with Crippen LogP contribution in [0.15, 0.2) is 24.3 Å². The summed E-state index contributed by atoms with van der Waals surface area (Å²) in [4.78, 5) is 24.2. The first-order valence-corrected chi connectivity index (χ1v) is 6.62. The average molecular weight is 290 g/mol. The van der Waals surface area contributed by atoms with Crippen molar-refractivity contribution in [2.75, 3.05) is 13.2 Å². The molecule has 112 valence electrons. The molecule has 21 heavy (non-hydrogen) atoms. The minimum Gasteiger partial charge on any atom is -0.484 e. The Hall–Kier alpha value is -2.55. The van der Waals surface area contributed by atoms with Crippen molar-refractivity contribution < 1.29 is 19.4 Å². The lowest BCUT2D eigenvalue weighted by Gasteiger charge is -2.26. The molecule has 0 saturated heterocycles. The molecule has 0 aromatic heterocycles. The predicted octanol–water partition coefficient (Wildman–Crippen LogP) is 1.65. The number of ether oxygens (including phenoxy) is 1. The number of carbonyl (C=O) groups is 2. The summed E-state index contributed by atoms with van der Waals surface area (Å²) in [6.45, 7) is 3.74. The van der Waals surface area contributed by atoms with E-state index in [4.69, 9.17) is 15.1 Å². The fraction of sp³-hybridized carbons (Fsp3) is 0.400. The predicted molar refractivity (Wildman–Crippen MR) is 75.8 cm³/mol. The molecular formula is C15H18N2O4. The van der Waals surface area contributed by atoms with Gasteiger partial charge in [-0.25, -0.2) is 0 Å².